The van der Waals surface area contributed by atoms with E-state index in [1.807, 2.05) is 26.0 Å². The summed E-state index contributed by atoms with van der Waals surface area (Å²) in [4.78, 5) is 13.7. The van der Waals surface area contributed by atoms with Crippen molar-refractivity contribution < 1.29 is 9.90 Å². The maximum atomic E-state index is 10.1. The molecule has 0 amide bonds. The molecule has 1 N–H and O–H groups in total. The lowest BCUT2D eigenvalue weighted by Crippen LogP contribution is -2.32. The monoisotopic (exact) mass is 176 g/mol. The maximum absolute atomic E-state index is 10.1. The number of likely N-dealkylation sites (N-methyl/N-ethyl adjacent to an activating group) is 1. The zero-order valence-electron chi connectivity index (χ0n) is 8.83. The first-order valence-electron chi connectivity index (χ1n) is 3.79. The van der Waals surface area contributed by atoms with E-state index in [0.717, 1.165) is 0 Å². The van der Waals surface area contributed by atoms with E-state index in [0.29, 0.717) is 0 Å². The van der Waals surface area contributed by atoms with Gasteiger partial charge in [0.1, 0.15) is 6.04 Å². The molecule has 74 valence electrons. The SMILES string of the molecule is CC(C(=O)O)N(C)C.CN(C)C. The van der Waals surface area contributed by atoms with Crippen molar-refractivity contribution in [2.24, 2.45) is 0 Å². The van der Waals surface area contributed by atoms with Gasteiger partial charge < -0.3 is 10.0 Å². The number of hydrogen-bond acceptors (Lipinski definition) is 3. The highest BCUT2D eigenvalue weighted by molar-refractivity contribution is 5.72. The zero-order chi connectivity index (χ0) is 10.3. The van der Waals surface area contributed by atoms with Crippen molar-refractivity contribution in [3.05, 3.63) is 0 Å². The standard InChI is InChI=1S/C5H11NO2.C3H9N/c1-4(5(7)8)6(2)3;1-4(2)3/h4H,1-3H3,(H,7,8);1-3H3. The molecule has 0 bridgehead atoms. The van der Waals surface area contributed by atoms with E-state index in [1.165, 1.54) is 0 Å². The van der Waals surface area contributed by atoms with Crippen LogP contribution in [-0.2, 0) is 4.79 Å². The minimum absolute atomic E-state index is 0.380. The molecule has 0 saturated carbocycles. The lowest BCUT2D eigenvalue weighted by Gasteiger charge is -2.13. The number of rotatable bonds is 2. The molecule has 1 unspecified atom stereocenters. The van der Waals surface area contributed by atoms with Crippen LogP contribution in [0.3, 0.4) is 0 Å². The predicted octanol–water partition coefficient (Wildman–Crippen LogP) is 0.199. The van der Waals surface area contributed by atoms with Crippen molar-refractivity contribution >= 4 is 5.97 Å². The van der Waals surface area contributed by atoms with Crippen molar-refractivity contribution in [1.82, 2.24) is 9.80 Å². The van der Waals surface area contributed by atoms with Crippen LogP contribution >= 0.6 is 0 Å². The zero-order valence-corrected chi connectivity index (χ0v) is 8.83. The van der Waals surface area contributed by atoms with Crippen LogP contribution in [0.15, 0.2) is 0 Å². The third-order valence-corrected chi connectivity index (χ3v) is 1.13. The Morgan fingerprint density at radius 2 is 1.42 bits per heavy atom. The van der Waals surface area contributed by atoms with Crippen LogP contribution in [0, 0.1) is 0 Å². The molecule has 12 heavy (non-hydrogen) atoms. The number of carboxylic acids is 1. The second-order valence-electron chi connectivity index (χ2n) is 3.32. The Bertz CT molecular complexity index is 121. The van der Waals surface area contributed by atoms with Crippen LogP contribution < -0.4 is 0 Å². The highest BCUT2D eigenvalue weighted by atomic mass is 16.4. The molecule has 0 radical (unpaired) electrons. The van der Waals surface area contributed by atoms with Crippen molar-refractivity contribution in [1.29, 1.82) is 0 Å². The van der Waals surface area contributed by atoms with Crippen LogP contribution in [0.25, 0.3) is 0 Å². The molecule has 0 aromatic rings. The molecule has 0 aromatic heterocycles. The summed E-state index contributed by atoms with van der Waals surface area (Å²) in [6, 6.07) is -0.380. The lowest BCUT2D eigenvalue weighted by atomic mass is 10.3. The number of aliphatic carboxylic acids is 1. The second kappa shape index (κ2) is 7.06. The summed E-state index contributed by atoms with van der Waals surface area (Å²) >= 11 is 0. The van der Waals surface area contributed by atoms with Crippen molar-refractivity contribution in [3.63, 3.8) is 0 Å². The minimum atomic E-state index is -0.782. The normalized spacial score (nSPS) is 12.3. The van der Waals surface area contributed by atoms with Gasteiger partial charge in [-0.1, -0.05) is 0 Å². The van der Waals surface area contributed by atoms with Crippen LogP contribution in [0.2, 0.25) is 0 Å². The van der Waals surface area contributed by atoms with Gasteiger partial charge in [-0.3, -0.25) is 9.69 Å². The topological polar surface area (TPSA) is 43.8 Å². The van der Waals surface area contributed by atoms with E-state index in [-0.39, 0.29) is 6.04 Å². The van der Waals surface area contributed by atoms with Gasteiger partial charge in [0.2, 0.25) is 0 Å². The van der Waals surface area contributed by atoms with Crippen molar-refractivity contribution in [2.75, 3.05) is 35.2 Å². The van der Waals surface area contributed by atoms with Crippen LogP contribution in [-0.4, -0.2) is 62.2 Å². The Morgan fingerprint density at radius 1 is 1.17 bits per heavy atom. The molecule has 0 spiro atoms. The molecular weight excluding hydrogens is 156 g/mol. The number of carboxylic acid groups (broad SMARTS) is 1. The molecule has 0 aliphatic rings. The molecule has 1 atom stereocenters. The highest BCUT2D eigenvalue weighted by Gasteiger charge is 2.11. The Morgan fingerprint density at radius 3 is 1.42 bits per heavy atom. The van der Waals surface area contributed by atoms with E-state index >= 15 is 0 Å². The number of nitrogens with zero attached hydrogens (tertiary/aromatic N) is 2. The van der Waals surface area contributed by atoms with E-state index in [4.69, 9.17) is 5.11 Å². The van der Waals surface area contributed by atoms with Crippen molar-refractivity contribution in [2.45, 2.75) is 13.0 Å². The Kier molecular flexibility index (Phi) is 8.21. The van der Waals surface area contributed by atoms with E-state index in [2.05, 4.69) is 0 Å². The molecule has 0 aromatic carbocycles. The molecule has 0 aliphatic heterocycles. The third-order valence-electron chi connectivity index (χ3n) is 1.13. The summed E-state index contributed by atoms with van der Waals surface area (Å²) in [7, 11) is 9.47. The Balaban J connectivity index is 0. The average Bonchev–Trinajstić information content (AvgIpc) is 1.84. The summed E-state index contributed by atoms with van der Waals surface area (Å²) in [5, 5.41) is 8.31. The van der Waals surface area contributed by atoms with E-state index in [1.54, 1.807) is 25.9 Å². The first-order valence-corrected chi connectivity index (χ1v) is 3.79. The van der Waals surface area contributed by atoms with Crippen LogP contribution in [0.1, 0.15) is 6.92 Å². The lowest BCUT2D eigenvalue weighted by molar-refractivity contribution is -0.141. The smallest absolute Gasteiger partial charge is 0.320 e. The van der Waals surface area contributed by atoms with Gasteiger partial charge in [-0.15, -0.1) is 0 Å². The van der Waals surface area contributed by atoms with E-state index < -0.39 is 5.97 Å². The Hall–Kier alpha value is -0.610. The van der Waals surface area contributed by atoms with Gasteiger partial charge in [-0.05, 0) is 42.2 Å². The fourth-order valence-electron chi connectivity index (χ4n) is 0.221. The molecule has 0 fully saturated rings. The van der Waals surface area contributed by atoms with E-state index in [9.17, 15) is 4.79 Å². The first-order chi connectivity index (χ1) is 5.29. The average molecular weight is 176 g/mol. The summed E-state index contributed by atoms with van der Waals surface area (Å²) in [6.45, 7) is 1.64. The third kappa shape index (κ3) is 12.1. The summed E-state index contributed by atoms with van der Waals surface area (Å²) < 4.78 is 0. The molecular formula is C8H20N2O2. The van der Waals surface area contributed by atoms with Gasteiger partial charge >= 0.3 is 5.97 Å². The fourth-order valence-corrected chi connectivity index (χ4v) is 0.221. The second-order valence-corrected chi connectivity index (χ2v) is 3.32. The quantitative estimate of drug-likeness (QED) is 0.652. The highest BCUT2D eigenvalue weighted by Crippen LogP contribution is 1.88. The molecule has 0 saturated heterocycles. The summed E-state index contributed by atoms with van der Waals surface area (Å²) in [6.07, 6.45) is 0. The van der Waals surface area contributed by atoms with Gasteiger partial charge in [0.25, 0.3) is 0 Å². The largest absolute Gasteiger partial charge is 0.480 e. The predicted molar refractivity (Wildman–Crippen MR) is 50.4 cm³/mol. The molecule has 0 aliphatic carbocycles. The number of carbonyl (C=O) groups is 1. The Labute approximate surface area is 74.8 Å². The molecule has 4 heteroatoms. The van der Waals surface area contributed by atoms with Gasteiger partial charge in [-0.25, -0.2) is 0 Å². The first kappa shape index (κ1) is 13.9. The van der Waals surface area contributed by atoms with Crippen molar-refractivity contribution in [3.8, 4) is 0 Å². The summed E-state index contributed by atoms with van der Waals surface area (Å²) in [5.74, 6) is -0.782. The van der Waals surface area contributed by atoms with Gasteiger partial charge in [-0.2, -0.15) is 0 Å². The van der Waals surface area contributed by atoms with Gasteiger partial charge in [0, 0.05) is 0 Å². The molecule has 0 rings (SSSR count). The summed E-state index contributed by atoms with van der Waals surface area (Å²) in [5.41, 5.74) is 0. The number of hydrogen-bond donors (Lipinski definition) is 1. The molecule has 4 nitrogen and oxygen atoms in total. The van der Waals surface area contributed by atoms with Gasteiger partial charge in [0.15, 0.2) is 0 Å². The van der Waals surface area contributed by atoms with Crippen LogP contribution in [0.4, 0.5) is 0 Å². The van der Waals surface area contributed by atoms with Crippen LogP contribution in [0.5, 0.6) is 0 Å². The molecule has 0 heterocycles. The fraction of sp³-hybridized carbons (Fsp3) is 0.875. The maximum Gasteiger partial charge on any atom is 0.320 e. The van der Waals surface area contributed by atoms with Gasteiger partial charge in [0.05, 0.1) is 0 Å². The minimum Gasteiger partial charge on any atom is -0.480 e.